The summed E-state index contributed by atoms with van der Waals surface area (Å²) in [6.45, 7) is 0. The van der Waals surface area contributed by atoms with Crippen molar-refractivity contribution in [1.29, 1.82) is 0 Å². The number of hydrogen-bond acceptors (Lipinski definition) is 3. The number of hydrogen-bond donors (Lipinski definition) is 1. The molecule has 3 heteroatoms. The molecule has 0 N–H and O–H groups in total. The predicted octanol–water partition coefficient (Wildman–Crippen LogP) is 1.62. The van der Waals surface area contributed by atoms with Gasteiger partial charge >= 0.3 is 0 Å². The molecule has 1 heterocycles. The van der Waals surface area contributed by atoms with Crippen LogP contribution in [-0.2, 0) is 0 Å². The van der Waals surface area contributed by atoms with Gasteiger partial charge in [0.1, 0.15) is 6.26 Å². The molecule has 0 saturated heterocycles. The fraction of sp³-hybridized carbons (Fsp3) is 0.167. The van der Waals surface area contributed by atoms with Crippen molar-refractivity contribution in [2.24, 2.45) is 0 Å². The molecular weight excluding hydrogens is 134 g/mol. The lowest BCUT2D eigenvalue weighted by Gasteiger charge is -1.75. The standard InChI is InChI=1S/C6H7NOS/c9-3-1-2-6-4-7-8-5-6/h1-2,4-5,9H,3H2. The van der Waals surface area contributed by atoms with E-state index in [0.717, 1.165) is 11.3 Å². The molecule has 0 radical (unpaired) electrons. The second kappa shape index (κ2) is 3.35. The number of aromatic nitrogens is 1. The van der Waals surface area contributed by atoms with Crippen molar-refractivity contribution < 1.29 is 4.52 Å². The summed E-state index contributed by atoms with van der Waals surface area (Å²) in [6, 6.07) is 0. The zero-order valence-electron chi connectivity index (χ0n) is 4.82. The zero-order chi connectivity index (χ0) is 6.53. The third kappa shape index (κ3) is 1.93. The van der Waals surface area contributed by atoms with Crippen molar-refractivity contribution in [2.45, 2.75) is 0 Å². The highest BCUT2D eigenvalue weighted by molar-refractivity contribution is 7.80. The van der Waals surface area contributed by atoms with Gasteiger partial charge < -0.3 is 4.52 Å². The molecule has 1 aromatic rings. The Bertz CT molecular complexity index is 181. The van der Waals surface area contributed by atoms with Crippen LogP contribution < -0.4 is 0 Å². The van der Waals surface area contributed by atoms with E-state index in [1.54, 1.807) is 12.5 Å². The Kier molecular flexibility index (Phi) is 2.39. The van der Waals surface area contributed by atoms with Crippen molar-refractivity contribution in [2.75, 3.05) is 5.75 Å². The quantitative estimate of drug-likeness (QED) is 0.633. The van der Waals surface area contributed by atoms with Crippen LogP contribution >= 0.6 is 12.6 Å². The van der Waals surface area contributed by atoms with Crippen LogP contribution in [0.3, 0.4) is 0 Å². The summed E-state index contributed by atoms with van der Waals surface area (Å²) in [7, 11) is 0. The Morgan fingerprint density at radius 3 is 3.22 bits per heavy atom. The van der Waals surface area contributed by atoms with Gasteiger partial charge in [-0.3, -0.25) is 0 Å². The molecule has 0 aromatic carbocycles. The minimum Gasteiger partial charge on any atom is -0.364 e. The molecule has 0 atom stereocenters. The van der Waals surface area contributed by atoms with E-state index in [4.69, 9.17) is 0 Å². The van der Waals surface area contributed by atoms with E-state index in [1.807, 2.05) is 12.2 Å². The molecule has 9 heavy (non-hydrogen) atoms. The summed E-state index contributed by atoms with van der Waals surface area (Å²) in [5.74, 6) is 0.741. The lowest BCUT2D eigenvalue weighted by atomic mass is 10.3. The summed E-state index contributed by atoms with van der Waals surface area (Å²) in [5, 5.41) is 3.52. The van der Waals surface area contributed by atoms with Gasteiger partial charge in [0.15, 0.2) is 0 Å². The van der Waals surface area contributed by atoms with Gasteiger partial charge in [-0.25, -0.2) is 0 Å². The largest absolute Gasteiger partial charge is 0.364 e. The van der Waals surface area contributed by atoms with Gasteiger partial charge in [0.2, 0.25) is 0 Å². The lowest BCUT2D eigenvalue weighted by molar-refractivity contribution is 0.419. The first-order chi connectivity index (χ1) is 4.43. The SMILES string of the molecule is SCC=Cc1cnoc1. The Labute approximate surface area is 59.0 Å². The smallest absolute Gasteiger partial charge is 0.131 e. The molecule has 0 fully saturated rings. The third-order valence-corrected chi connectivity index (χ3v) is 1.08. The van der Waals surface area contributed by atoms with E-state index < -0.39 is 0 Å². The van der Waals surface area contributed by atoms with Gasteiger partial charge in [-0.15, -0.1) is 0 Å². The van der Waals surface area contributed by atoms with Gasteiger partial charge in [0.25, 0.3) is 0 Å². The normalized spacial score (nSPS) is 10.8. The summed E-state index contributed by atoms with van der Waals surface area (Å²) in [6.07, 6.45) is 7.07. The molecular formula is C6H7NOS. The van der Waals surface area contributed by atoms with E-state index >= 15 is 0 Å². The van der Waals surface area contributed by atoms with Crippen LogP contribution in [0.25, 0.3) is 6.08 Å². The summed E-state index contributed by atoms with van der Waals surface area (Å²) in [4.78, 5) is 0. The van der Waals surface area contributed by atoms with Gasteiger partial charge in [-0.2, -0.15) is 12.6 Å². The van der Waals surface area contributed by atoms with Gasteiger partial charge in [0.05, 0.1) is 6.20 Å². The van der Waals surface area contributed by atoms with Crippen molar-refractivity contribution in [3.8, 4) is 0 Å². The summed E-state index contributed by atoms with van der Waals surface area (Å²) < 4.78 is 4.59. The molecule has 0 bridgehead atoms. The molecule has 0 aliphatic carbocycles. The lowest BCUT2D eigenvalue weighted by Crippen LogP contribution is -1.61. The Morgan fingerprint density at radius 2 is 2.67 bits per heavy atom. The number of nitrogens with zero attached hydrogens (tertiary/aromatic N) is 1. The van der Waals surface area contributed by atoms with Crippen LogP contribution in [0.4, 0.5) is 0 Å². The van der Waals surface area contributed by atoms with E-state index in [2.05, 4.69) is 22.3 Å². The van der Waals surface area contributed by atoms with Crippen molar-refractivity contribution >= 4 is 18.7 Å². The van der Waals surface area contributed by atoms with E-state index in [-0.39, 0.29) is 0 Å². The van der Waals surface area contributed by atoms with Crippen LogP contribution in [0.2, 0.25) is 0 Å². The van der Waals surface area contributed by atoms with Crippen LogP contribution in [-0.4, -0.2) is 10.9 Å². The monoisotopic (exact) mass is 141 g/mol. The maximum absolute atomic E-state index is 4.59. The number of thiol groups is 1. The topological polar surface area (TPSA) is 26.0 Å². The van der Waals surface area contributed by atoms with Gasteiger partial charge in [-0.1, -0.05) is 17.3 Å². The van der Waals surface area contributed by atoms with Crippen LogP contribution in [0, 0.1) is 0 Å². The van der Waals surface area contributed by atoms with E-state index in [9.17, 15) is 0 Å². The highest BCUT2D eigenvalue weighted by Crippen LogP contribution is 1.98. The Morgan fingerprint density at radius 1 is 1.78 bits per heavy atom. The first-order valence-electron chi connectivity index (χ1n) is 2.60. The molecule has 0 aliphatic heterocycles. The van der Waals surface area contributed by atoms with Crippen molar-refractivity contribution in [3.63, 3.8) is 0 Å². The highest BCUT2D eigenvalue weighted by atomic mass is 32.1. The average Bonchev–Trinajstić information content (AvgIpc) is 2.34. The zero-order valence-corrected chi connectivity index (χ0v) is 5.71. The molecule has 0 unspecified atom stereocenters. The predicted molar refractivity (Wildman–Crippen MR) is 39.4 cm³/mol. The Hall–Kier alpha value is -0.700. The molecule has 2 nitrogen and oxygen atoms in total. The average molecular weight is 141 g/mol. The second-order valence-corrected chi connectivity index (χ2v) is 1.91. The summed E-state index contributed by atoms with van der Waals surface area (Å²) in [5.41, 5.74) is 0.976. The molecule has 0 amide bonds. The highest BCUT2D eigenvalue weighted by Gasteiger charge is 1.84. The maximum atomic E-state index is 4.59. The molecule has 0 spiro atoms. The van der Waals surface area contributed by atoms with Crippen LogP contribution in [0.5, 0.6) is 0 Å². The molecule has 1 rings (SSSR count). The molecule has 1 aromatic heterocycles. The minimum absolute atomic E-state index is 0.741. The van der Waals surface area contributed by atoms with Gasteiger partial charge in [0, 0.05) is 11.3 Å². The second-order valence-electron chi connectivity index (χ2n) is 1.54. The maximum Gasteiger partial charge on any atom is 0.131 e. The fourth-order valence-corrected chi connectivity index (χ4v) is 0.590. The van der Waals surface area contributed by atoms with Crippen molar-refractivity contribution in [3.05, 3.63) is 24.1 Å². The van der Waals surface area contributed by atoms with E-state index in [0.29, 0.717) is 0 Å². The number of rotatable bonds is 2. The fourth-order valence-electron chi connectivity index (χ4n) is 0.484. The first kappa shape index (κ1) is 6.42. The van der Waals surface area contributed by atoms with Crippen LogP contribution in [0.15, 0.2) is 23.1 Å². The first-order valence-corrected chi connectivity index (χ1v) is 3.23. The van der Waals surface area contributed by atoms with Gasteiger partial charge in [-0.05, 0) is 0 Å². The third-order valence-electron chi connectivity index (χ3n) is 0.867. The molecule has 0 saturated carbocycles. The van der Waals surface area contributed by atoms with Crippen molar-refractivity contribution in [1.82, 2.24) is 5.16 Å². The Balaban J connectivity index is 2.57. The molecule has 48 valence electrons. The summed E-state index contributed by atoms with van der Waals surface area (Å²) >= 11 is 3.99. The molecule has 0 aliphatic rings. The minimum atomic E-state index is 0.741. The van der Waals surface area contributed by atoms with E-state index in [1.165, 1.54) is 0 Å². The van der Waals surface area contributed by atoms with Crippen LogP contribution in [0.1, 0.15) is 5.56 Å².